The molecule has 0 aliphatic rings. The normalized spacial score (nSPS) is 10.3. The van der Waals surface area contributed by atoms with Crippen LogP contribution in [0, 0.1) is 0 Å². The Kier molecular flexibility index (Phi) is 8.15. The minimum Gasteiger partial charge on any atom is -0.490 e. The summed E-state index contributed by atoms with van der Waals surface area (Å²) in [4.78, 5) is 0. The standard InChI is InChI=1S/C20H23N3O2S/c1-3-12-21-20(26)23-22-14-17-10-11-18(19(13-17)24-4-2)25-15-16-8-6-5-7-9-16/h3,5-11,13-14H,1,4,12,15H2,2H3,(H2,21,23,26)/b22-14-. The van der Waals surface area contributed by atoms with Gasteiger partial charge in [-0.2, -0.15) is 5.10 Å². The quantitative estimate of drug-likeness (QED) is 0.306. The number of rotatable bonds is 9. The molecule has 0 aromatic heterocycles. The van der Waals surface area contributed by atoms with E-state index in [0.29, 0.717) is 36.4 Å². The molecule has 0 saturated carbocycles. The SMILES string of the molecule is C=CCNC(=S)N/N=C\c1ccc(OCc2ccccc2)c(OCC)c1. The van der Waals surface area contributed by atoms with Crippen LogP contribution in [-0.4, -0.2) is 24.5 Å². The van der Waals surface area contributed by atoms with Gasteiger partial charge in [-0.05, 0) is 48.5 Å². The first-order valence-electron chi connectivity index (χ1n) is 8.34. The predicted octanol–water partition coefficient (Wildman–Crippen LogP) is 3.65. The minimum absolute atomic E-state index is 0.439. The van der Waals surface area contributed by atoms with Crippen LogP contribution in [-0.2, 0) is 6.61 Å². The molecular weight excluding hydrogens is 346 g/mol. The number of ether oxygens (including phenoxy) is 2. The molecule has 0 saturated heterocycles. The Hall–Kier alpha value is -2.86. The number of hydrogen-bond acceptors (Lipinski definition) is 4. The predicted molar refractivity (Wildman–Crippen MR) is 110 cm³/mol. The van der Waals surface area contributed by atoms with E-state index in [0.717, 1.165) is 11.1 Å². The summed E-state index contributed by atoms with van der Waals surface area (Å²) in [6.45, 7) is 7.18. The second kappa shape index (κ2) is 10.9. The highest BCUT2D eigenvalue weighted by Gasteiger charge is 2.06. The van der Waals surface area contributed by atoms with Gasteiger partial charge in [-0.15, -0.1) is 6.58 Å². The third-order valence-corrected chi connectivity index (χ3v) is 3.53. The summed E-state index contributed by atoms with van der Waals surface area (Å²) in [7, 11) is 0. The lowest BCUT2D eigenvalue weighted by Crippen LogP contribution is -2.31. The summed E-state index contributed by atoms with van der Waals surface area (Å²) in [5, 5.41) is 7.48. The van der Waals surface area contributed by atoms with E-state index in [1.54, 1.807) is 12.3 Å². The van der Waals surface area contributed by atoms with E-state index in [1.165, 1.54) is 0 Å². The smallest absolute Gasteiger partial charge is 0.187 e. The first-order valence-corrected chi connectivity index (χ1v) is 8.75. The summed E-state index contributed by atoms with van der Waals surface area (Å²) in [5.74, 6) is 1.38. The van der Waals surface area contributed by atoms with Crippen molar-refractivity contribution in [2.45, 2.75) is 13.5 Å². The molecule has 6 heteroatoms. The Bertz CT molecular complexity index is 748. The molecule has 0 spiro atoms. The van der Waals surface area contributed by atoms with Gasteiger partial charge in [-0.3, -0.25) is 5.43 Å². The fourth-order valence-corrected chi connectivity index (χ4v) is 2.23. The van der Waals surface area contributed by atoms with Gasteiger partial charge in [0, 0.05) is 6.54 Å². The van der Waals surface area contributed by atoms with E-state index in [2.05, 4.69) is 22.4 Å². The Morgan fingerprint density at radius 1 is 1.15 bits per heavy atom. The molecule has 0 unspecified atom stereocenters. The monoisotopic (exact) mass is 369 g/mol. The fraction of sp³-hybridized carbons (Fsp3) is 0.200. The van der Waals surface area contributed by atoms with Crippen LogP contribution in [0.25, 0.3) is 0 Å². The van der Waals surface area contributed by atoms with Crippen molar-refractivity contribution >= 4 is 23.5 Å². The van der Waals surface area contributed by atoms with E-state index in [9.17, 15) is 0 Å². The number of hydrogen-bond donors (Lipinski definition) is 2. The van der Waals surface area contributed by atoms with Crippen molar-refractivity contribution in [3.8, 4) is 11.5 Å². The Balaban J connectivity index is 2.00. The fourth-order valence-electron chi connectivity index (χ4n) is 2.10. The zero-order chi connectivity index (χ0) is 18.6. The van der Waals surface area contributed by atoms with Gasteiger partial charge in [0.1, 0.15) is 6.61 Å². The van der Waals surface area contributed by atoms with Gasteiger partial charge >= 0.3 is 0 Å². The van der Waals surface area contributed by atoms with Crippen LogP contribution in [0.15, 0.2) is 66.3 Å². The zero-order valence-electron chi connectivity index (χ0n) is 14.8. The number of nitrogens with zero attached hydrogens (tertiary/aromatic N) is 1. The minimum atomic E-state index is 0.439. The molecule has 0 amide bonds. The maximum Gasteiger partial charge on any atom is 0.187 e. The van der Waals surface area contributed by atoms with E-state index >= 15 is 0 Å². The lowest BCUT2D eigenvalue weighted by Gasteiger charge is -2.12. The molecule has 0 heterocycles. The third-order valence-electron chi connectivity index (χ3n) is 3.29. The van der Waals surface area contributed by atoms with E-state index < -0.39 is 0 Å². The largest absolute Gasteiger partial charge is 0.490 e. The first-order chi connectivity index (χ1) is 12.7. The van der Waals surface area contributed by atoms with Crippen molar-refractivity contribution in [1.82, 2.24) is 10.7 Å². The average molecular weight is 369 g/mol. The van der Waals surface area contributed by atoms with Crippen molar-refractivity contribution in [2.24, 2.45) is 5.10 Å². The van der Waals surface area contributed by atoms with Crippen LogP contribution in [0.5, 0.6) is 11.5 Å². The molecule has 26 heavy (non-hydrogen) atoms. The van der Waals surface area contributed by atoms with Gasteiger partial charge in [0.05, 0.1) is 12.8 Å². The zero-order valence-corrected chi connectivity index (χ0v) is 15.6. The van der Waals surface area contributed by atoms with E-state index in [-0.39, 0.29) is 0 Å². The van der Waals surface area contributed by atoms with Crippen molar-refractivity contribution < 1.29 is 9.47 Å². The second-order valence-electron chi connectivity index (χ2n) is 5.28. The maximum absolute atomic E-state index is 5.89. The van der Waals surface area contributed by atoms with Crippen molar-refractivity contribution in [2.75, 3.05) is 13.2 Å². The second-order valence-corrected chi connectivity index (χ2v) is 5.69. The highest BCUT2D eigenvalue weighted by atomic mass is 32.1. The van der Waals surface area contributed by atoms with Crippen LogP contribution in [0.3, 0.4) is 0 Å². The van der Waals surface area contributed by atoms with E-state index in [1.807, 2.05) is 55.5 Å². The highest BCUT2D eigenvalue weighted by Crippen LogP contribution is 2.28. The molecule has 0 bridgehead atoms. The molecule has 2 aromatic carbocycles. The molecule has 5 nitrogen and oxygen atoms in total. The molecule has 0 aliphatic carbocycles. The van der Waals surface area contributed by atoms with Crippen LogP contribution in [0.1, 0.15) is 18.1 Å². The van der Waals surface area contributed by atoms with Gasteiger partial charge in [0.25, 0.3) is 0 Å². The van der Waals surface area contributed by atoms with Crippen LogP contribution >= 0.6 is 12.2 Å². The molecule has 2 rings (SSSR count). The lowest BCUT2D eigenvalue weighted by molar-refractivity contribution is 0.269. The molecular formula is C20H23N3O2S. The Labute approximate surface area is 159 Å². The van der Waals surface area contributed by atoms with Gasteiger partial charge in [-0.1, -0.05) is 36.4 Å². The Morgan fingerprint density at radius 3 is 2.69 bits per heavy atom. The summed E-state index contributed by atoms with van der Waals surface area (Å²) in [5.41, 5.74) is 4.73. The van der Waals surface area contributed by atoms with Gasteiger partial charge in [0.15, 0.2) is 16.6 Å². The summed E-state index contributed by atoms with van der Waals surface area (Å²) >= 11 is 5.08. The molecule has 0 aliphatic heterocycles. The van der Waals surface area contributed by atoms with Gasteiger partial charge in [0.2, 0.25) is 0 Å². The molecule has 0 atom stereocenters. The van der Waals surface area contributed by atoms with Crippen molar-refractivity contribution in [3.05, 3.63) is 72.3 Å². The topological polar surface area (TPSA) is 54.9 Å². The van der Waals surface area contributed by atoms with Crippen LogP contribution in [0.2, 0.25) is 0 Å². The molecule has 0 radical (unpaired) electrons. The van der Waals surface area contributed by atoms with Gasteiger partial charge in [-0.25, -0.2) is 0 Å². The number of benzene rings is 2. The number of hydrazone groups is 1. The third kappa shape index (κ3) is 6.57. The molecule has 2 aromatic rings. The van der Waals surface area contributed by atoms with Crippen molar-refractivity contribution in [3.63, 3.8) is 0 Å². The first kappa shape index (κ1) is 19.5. The lowest BCUT2D eigenvalue weighted by atomic mass is 10.2. The Morgan fingerprint density at radius 2 is 1.96 bits per heavy atom. The summed E-state index contributed by atoms with van der Waals surface area (Å²) in [6.07, 6.45) is 3.39. The summed E-state index contributed by atoms with van der Waals surface area (Å²) in [6, 6.07) is 15.7. The van der Waals surface area contributed by atoms with Gasteiger partial charge < -0.3 is 14.8 Å². The average Bonchev–Trinajstić information content (AvgIpc) is 2.67. The molecule has 2 N–H and O–H groups in total. The van der Waals surface area contributed by atoms with E-state index in [4.69, 9.17) is 21.7 Å². The molecule has 0 fully saturated rings. The summed E-state index contributed by atoms with van der Waals surface area (Å²) < 4.78 is 11.6. The highest BCUT2D eigenvalue weighted by molar-refractivity contribution is 7.80. The maximum atomic E-state index is 5.89. The van der Waals surface area contributed by atoms with Crippen LogP contribution < -0.4 is 20.2 Å². The van der Waals surface area contributed by atoms with Crippen LogP contribution in [0.4, 0.5) is 0 Å². The number of thiocarbonyl (C=S) groups is 1. The number of nitrogens with one attached hydrogen (secondary N) is 2. The molecule has 136 valence electrons. The van der Waals surface area contributed by atoms with Crippen molar-refractivity contribution in [1.29, 1.82) is 0 Å².